The predicted octanol–water partition coefficient (Wildman–Crippen LogP) is 2.05. The van der Waals surface area contributed by atoms with E-state index in [9.17, 15) is 14.4 Å². The summed E-state index contributed by atoms with van der Waals surface area (Å²) in [5.74, 6) is -1.25. The molecule has 0 bridgehead atoms. The maximum absolute atomic E-state index is 12.5. The van der Waals surface area contributed by atoms with Crippen molar-refractivity contribution in [3.05, 3.63) is 16.0 Å². The largest absolute Gasteiger partial charge is 0.462 e. The Morgan fingerprint density at radius 1 is 1.04 bits per heavy atom. The van der Waals surface area contributed by atoms with Crippen molar-refractivity contribution < 1.29 is 28.8 Å². The van der Waals surface area contributed by atoms with Gasteiger partial charge in [-0.15, -0.1) is 11.3 Å². The number of esters is 2. The molecule has 1 aromatic rings. The van der Waals surface area contributed by atoms with E-state index in [2.05, 4.69) is 12.2 Å². The number of carbonyl (C=O) groups excluding carboxylic acids is 3. The molecule has 1 unspecified atom stereocenters. The molecule has 8 heteroatoms. The first kappa shape index (κ1) is 23.1. The number of thiophene rings is 1. The molecule has 1 amide bonds. The van der Waals surface area contributed by atoms with Crippen molar-refractivity contribution in [2.24, 2.45) is 0 Å². The van der Waals surface area contributed by atoms with Gasteiger partial charge in [0.15, 0.2) is 6.54 Å². The second kappa shape index (κ2) is 11.7. The monoisotopic (exact) mass is 399 g/mol. The van der Waals surface area contributed by atoms with Crippen molar-refractivity contribution in [1.82, 2.24) is 0 Å². The van der Waals surface area contributed by atoms with Gasteiger partial charge < -0.3 is 19.7 Å². The van der Waals surface area contributed by atoms with E-state index in [-0.39, 0.29) is 24.7 Å². The Labute approximate surface area is 165 Å². The quantitative estimate of drug-likeness (QED) is 0.556. The number of quaternary nitrogens is 1. The summed E-state index contributed by atoms with van der Waals surface area (Å²) in [6.07, 6.45) is 2.13. The topological polar surface area (TPSA) is 86.1 Å². The van der Waals surface area contributed by atoms with Gasteiger partial charge >= 0.3 is 11.9 Å². The summed E-state index contributed by atoms with van der Waals surface area (Å²) in [5.41, 5.74) is 0.697. The summed E-state index contributed by atoms with van der Waals surface area (Å²) in [7, 11) is 0. The molecule has 1 atom stereocenters. The number of unbranched alkanes of at least 4 members (excludes halogenated alkanes) is 1. The van der Waals surface area contributed by atoms with E-state index in [1.165, 1.54) is 4.90 Å². The zero-order chi connectivity index (χ0) is 20.4. The smallest absolute Gasteiger partial charge is 0.348 e. The van der Waals surface area contributed by atoms with E-state index in [0.29, 0.717) is 22.0 Å². The van der Waals surface area contributed by atoms with Gasteiger partial charge in [-0.05, 0) is 39.7 Å². The molecule has 27 heavy (non-hydrogen) atoms. The Bertz CT molecular complexity index is 657. The first-order valence-corrected chi connectivity index (χ1v) is 10.3. The minimum Gasteiger partial charge on any atom is -0.462 e. The van der Waals surface area contributed by atoms with Crippen LogP contribution in [0.3, 0.4) is 0 Å². The van der Waals surface area contributed by atoms with Gasteiger partial charge in [-0.3, -0.25) is 4.79 Å². The lowest BCUT2D eigenvalue weighted by molar-refractivity contribution is -0.890. The molecular weight excluding hydrogens is 368 g/mol. The first-order chi connectivity index (χ1) is 12.9. The standard InChI is InChI=1S/C19H30N2O5S/c1-6-10-11-21(7-2)12-14(22)20-17-15(18(23)25-8-3)13(5)16(27-17)19(24)26-9-4/h6-12H2,1-5H3,(H,20,22)/p+1. The lowest BCUT2D eigenvalue weighted by Gasteiger charge is -2.16. The number of likely N-dealkylation sites (N-methyl/N-ethyl adjacent to an activating group) is 1. The van der Waals surface area contributed by atoms with Gasteiger partial charge in [0.25, 0.3) is 5.91 Å². The summed E-state index contributed by atoms with van der Waals surface area (Å²) >= 11 is 1.05. The van der Waals surface area contributed by atoms with Crippen molar-refractivity contribution in [2.45, 2.75) is 47.5 Å². The van der Waals surface area contributed by atoms with Gasteiger partial charge in [0.1, 0.15) is 9.88 Å². The average molecular weight is 400 g/mol. The number of anilines is 1. The van der Waals surface area contributed by atoms with Crippen LogP contribution in [-0.4, -0.2) is 50.7 Å². The van der Waals surface area contributed by atoms with Crippen LogP contribution in [0.25, 0.3) is 0 Å². The number of ether oxygens (including phenoxy) is 2. The third-order valence-corrected chi connectivity index (χ3v) is 5.32. The minimum atomic E-state index is -0.553. The maximum Gasteiger partial charge on any atom is 0.348 e. The molecular formula is C19H31N2O5S+. The third kappa shape index (κ3) is 6.62. The fourth-order valence-corrected chi connectivity index (χ4v) is 3.76. The second-order valence-electron chi connectivity index (χ2n) is 6.13. The van der Waals surface area contributed by atoms with Crippen LogP contribution >= 0.6 is 11.3 Å². The lowest BCUT2D eigenvalue weighted by Crippen LogP contribution is -3.12. The highest BCUT2D eigenvalue weighted by molar-refractivity contribution is 7.18. The summed E-state index contributed by atoms with van der Waals surface area (Å²) in [6.45, 7) is 11.8. The van der Waals surface area contributed by atoms with Crippen LogP contribution in [0.4, 0.5) is 5.00 Å². The third-order valence-electron chi connectivity index (χ3n) is 4.13. The van der Waals surface area contributed by atoms with E-state index >= 15 is 0 Å². The molecule has 7 nitrogen and oxygen atoms in total. The highest BCUT2D eigenvalue weighted by atomic mass is 32.1. The fraction of sp³-hybridized carbons (Fsp3) is 0.632. The first-order valence-electron chi connectivity index (χ1n) is 9.50. The molecule has 0 spiro atoms. The Morgan fingerprint density at radius 3 is 2.22 bits per heavy atom. The molecule has 0 aliphatic rings. The molecule has 0 radical (unpaired) electrons. The Balaban J connectivity index is 3.06. The van der Waals surface area contributed by atoms with E-state index in [0.717, 1.165) is 37.3 Å². The number of amides is 1. The van der Waals surface area contributed by atoms with Crippen molar-refractivity contribution in [3.63, 3.8) is 0 Å². The summed E-state index contributed by atoms with van der Waals surface area (Å²) < 4.78 is 10.1. The molecule has 0 aromatic carbocycles. The van der Waals surface area contributed by atoms with Crippen LogP contribution in [0.5, 0.6) is 0 Å². The molecule has 1 heterocycles. The highest BCUT2D eigenvalue weighted by Gasteiger charge is 2.27. The Kier molecular flexibility index (Phi) is 10.0. The van der Waals surface area contributed by atoms with Crippen molar-refractivity contribution in [3.8, 4) is 0 Å². The zero-order valence-corrected chi connectivity index (χ0v) is 17.7. The molecule has 0 fully saturated rings. The van der Waals surface area contributed by atoms with Crippen molar-refractivity contribution in [1.29, 1.82) is 0 Å². The lowest BCUT2D eigenvalue weighted by atomic mass is 10.1. The molecule has 152 valence electrons. The van der Waals surface area contributed by atoms with E-state index in [4.69, 9.17) is 9.47 Å². The molecule has 0 aliphatic heterocycles. The second-order valence-corrected chi connectivity index (χ2v) is 7.15. The van der Waals surface area contributed by atoms with Crippen molar-refractivity contribution in [2.75, 3.05) is 38.2 Å². The molecule has 0 aliphatic carbocycles. The van der Waals surface area contributed by atoms with Crippen LogP contribution in [-0.2, 0) is 14.3 Å². The van der Waals surface area contributed by atoms with Gasteiger partial charge in [0.05, 0.1) is 31.9 Å². The molecule has 0 saturated carbocycles. The minimum absolute atomic E-state index is 0.190. The Morgan fingerprint density at radius 2 is 1.67 bits per heavy atom. The number of rotatable bonds is 11. The van der Waals surface area contributed by atoms with E-state index in [1.807, 2.05) is 6.92 Å². The summed E-state index contributed by atoms with van der Waals surface area (Å²) in [5, 5.41) is 3.14. The van der Waals surface area contributed by atoms with Gasteiger partial charge in [0, 0.05) is 0 Å². The van der Waals surface area contributed by atoms with Crippen LogP contribution in [0.2, 0.25) is 0 Å². The number of carbonyl (C=O) groups is 3. The normalized spacial score (nSPS) is 11.7. The maximum atomic E-state index is 12.5. The fourth-order valence-electron chi connectivity index (χ4n) is 2.66. The predicted molar refractivity (Wildman–Crippen MR) is 106 cm³/mol. The van der Waals surface area contributed by atoms with Crippen molar-refractivity contribution >= 4 is 34.2 Å². The van der Waals surface area contributed by atoms with Crippen LogP contribution in [0.1, 0.15) is 66.1 Å². The number of hydrogen-bond acceptors (Lipinski definition) is 6. The summed E-state index contributed by atoms with van der Waals surface area (Å²) in [4.78, 5) is 38.5. The van der Waals surface area contributed by atoms with E-state index in [1.54, 1.807) is 20.8 Å². The Hall–Kier alpha value is -1.93. The van der Waals surface area contributed by atoms with Gasteiger partial charge in [0.2, 0.25) is 0 Å². The number of nitrogens with one attached hydrogen (secondary N) is 2. The zero-order valence-electron chi connectivity index (χ0n) is 16.9. The van der Waals surface area contributed by atoms with Gasteiger partial charge in [-0.1, -0.05) is 13.3 Å². The SMILES string of the molecule is CCCC[NH+](CC)CC(=O)Nc1sc(C(=O)OCC)c(C)c1C(=O)OCC. The average Bonchev–Trinajstić information content (AvgIpc) is 2.95. The van der Waals surface area contributed by atoms with Crippen LogP contribution < -0.4 is 10.2 Å². The molecule has 1 rings (SSSR count). The van der Waals surface area contributed by atoms with E-state index < -0.39 is 11.9 Å². The highest BCUT2D eigenvalue weighted by Crippen LogP contribution is 2.34. The van der Waals surface area contributed by atoms with Gasteiger partial charge in [-0.25, -0.2) is 9.59 Å². The number of hydrogen-bond donors (Lipinski definition) is 2. The summed E-state index contributed by atoms with van der Waals surface area (Å²) in [6, 6.07) is 0. The molecule has 0 saturated heterocycles. The van der Waals surface area contributed by atoms with Crippen LogP contribution in [0.15, 0.2) is 0 Å². The van der Waals surface area contributed by atoms with Gasteiger partial charge in [-0.2, -0.15) is 0 Å². The molecule has 1 aromatic heterocycles. The van der Waals surface area contributed by atoms with Crippen LogP contribution in [0, 0.1) is 6.92 Å². The molecule has 2 N–H and O–H groups in total.